The molecule has 0 radical (unpaired) electrons. The molecule has 9 heteroatoms. The highest BCUT2D eigenvalue weighted by molar-refractivity contribution is 7.89. The number of nitrogens with two attached hydrogens (primary N) is 1. The van der Waals surface area contributed by atoms with Gasteiger partial charge in [-0.1, -0.05) is 11.6 Å². The number of hydrazine groups is 1. The number of hydrogen-bond acceptors (Lipinski definition) is 6. The second-order valence-corrected chi connectivity index (χ2v) is 6.11. The van der Waals surface area contributed by atoms with E-state index >= 15 is 0 Å². The number of rotatable bonds is 3. The maximum Gasteiger partial charge on any atom is 0.246 e. The maximum atomic E-state index is 12.4. The van der Waals surface area contributed by atoms with Crippen LogP contribution in [0.3, 0.4) is 0 Å². The summed E-state index contributed by atoms with van der Waals surface area (Å²) in [6.45, 7) is 2.08. The minimum absolute atomic E-state index is 0.000556. The molecule has 1 aromatic rings. The molecular formula is C9H14ClN5O2S. The van der Waals surface area contributed by atoms with E-state index in [1.807, 2.05) is 0 Å². The zero-order valence-corrected chi connectivity index (χ0v) is 11.1. The van der Waals surface area contributed by atoms with Crippen molar-refractivity contribution >= 4 is 27.3 Å². The van der Waals surface area contributed by atoms with E-state index in [2.05, 4.69) is 15.7 Å². The number of anilines is 1. The molecule has 4 N–H and O–H groups in total. The van der Waals surface area contributed by atoms with Crippen molar-refractivity contribution in [3.05, 3.63) is 17.4 Å². The monoisotopic (exact) mass is 291 g/mol. The number of aromatic nitrogens is 1. The van der Waals surface area contributed by atoms with Crippen molar-refractivity contribution in [2.45, 2.75) is 4.90 Å². The molecular weight excluding hydrogens is 278 g/mol. The minimum Gasteiger partial charge on any atom is -0.321 e. The van der Waals surface area contributed by atoms with E-state index in [0.29, 0.717) is 26.2 Å². The zero-order chi connectivity index (χ0) is 13.2. The van der Waals surface area contributed by atoms with E-state index in [-0.39, 0.29) is 15.6 Å². The number of nitrogens with zero attached hydrogens (tertiary/aromatic N) is 2. The lowest BCUT2D eigenvalue weighted by molar-refractivity contribution is 0.360. The van der Waals surface area contributed by atoms with Crippen LogP contribution in [0.15, 0.2) is 17.3 Å². The van der Waals surface area contributed by atoms with E-state index in [4.69, 9.17) is 17.4 Å². The molecule has 1 aliphatic heterocycles. The third kappa shape index (κ3) is 2.43. The lowest BCUT2D eigenvalue weighted by Crippen LogP contribution is -2.46. The fourth-order valence-corrected chi connectivity index (χ4v) is 3.61. The molecule has 1 aromatic heterocycles. The van der Waals surface area contributed by atoms with Gasteiger partial charge in [0.05, 0.1) is 10.7 Å². The van der Waals surface area contributed by atoms with E-state index in [9.17, 15) is 8.42 Å². The average Bonchev–Trinajstić information content (AvgIpc) is 2.39. The van der Waals surface area contributed by atoms with Crippen molar-refractivity contribution in [2.75, 3.05) is 31.6 Å². The highest BCUT2D eigenvalue weighted by atomic mass is 35.5. The van der Waals surface area contributed by atoms with Gasteiger partial charge >= 0.3 is 0 Å². The Balaban J connectivity index is 2.43. The molecule has 0 spiro atoms. The molecule has 2 heterocycles. The first-order valence-electron chi connectivity index (χ1n) is 5.38. The van der Waals surface area contributed by atoms with Crippen molar-refractivity contribution in [3.8, 4) is 0 Å². The van der Waals surface area contributed by atoms with Crippen molar-refractivity contribution in [1.29, 1.82) is 0 Å². The van der Waals surface area contributed by atoms with E-state index in [0.717, 1.165) is 0 Å². The van der Waals surface area contributed by atoms with Crippen LogP contribution in [0.25, 0.3) is 0 Å². The van der Waals surface area contributed by atoms with Gasteiger partial charge in [-0.05, 0) is 0 Å². The third-order valence-corrected chi connectivity index (χ3v) is 4.90. The summed E-state index contributed by atoms with van der Waals surface area (Å²) in [5.74, 6) is 5.32. The fourth-order valence-electron chi connectivity index (χ4n) is 1.78. The van der Waals surface area contributed by atoms with Crippen LogP contribution >= 0.6 is 11.6 Å². The van der Waals surface area contributed by atoms with Gasteiger partial charge in [0.2, 0.25) is 10.0 Å². The lowest BCUT2D eigenvalue weighted by Gasteiger charge is -2.27. The van der Waals surface area contributed by atoms with Crippen LogP contribution in [-0.4, -0.2) is 43.9 Å². The first kappa shape index (κ1) is 13.5. The lowest BCUT2D eigenvalue weighted by atomic mass is 10.4. The Morgan fingerprint density at radius 2 is 2.06 bits per heavy atom. The van der Waals surface area contributed by atoms with Gasteiger partial charge in [0.25, 0.3) is 0 Å². The Hall–Kier alpha value is -0.930. The molecule has 2 rings (SSSR count). The number of sulfonamides is 1. The summed E-state index contributed by atoms with van der Waals surface area (Å²) in [4.78, 5) is 3.80. The van der Waals surface area contributed by atoms with Gasteiger partial charge in [-0.2, -0.15) is 4.31 Å². The summed E-state index contributed by atoms with van der Waals surface area (Å²) in [7, 11) is -3.62. The van der Waals surface area contributed by atoms with Gasteiger partial charge in [-0.15, -0.1) is 0 Å². The highest BCUT2D eigenvalue weighted by Crippen LogP contribution is 2.29. The van der Waals surface area contributed by atoms with Crippen LogP contribution < -0.4 is 16.6 Å². The first-order valence-corrected chi connectivity index (χ1v) is 7.20. The third-order valence-electron chi connectivity index (χ3n) is 2.70. The molecule has 0 aliphatic carbocycles. The van der Waals surface area contributed by atoms with Gasteiger partial charge in [-0.25, -0.2) is 8.42 Å². The molecule has 100 valence electrons. The summed E-state index contributed by atoms with van der Waals surface area (Å²) in [5, 5.41) is 3.26. The molecule has 1 fully saturated rings. The standard InChI is InChI=1S/C9H14ClN5O2S/c10-7-5-13-6-8(9(7)14-11)18(16,17)15-3-1-12-2-4-15/h5-6,12H,1-4,11H2,(H,13,14). The normalized spacial score (nSPS) is 17.7. The molecule has 0 bridgehead atoms. The number of pyridine rings is 1. The highest BCUT2D eigenvalue weighted by Gasteiger charge is 2.29. The Bertz CT molecular complexity index is 530. The van der Waals surface area contributed by atoms with Crippen molar-refractivity contribution in [2.24, 2.45) is 5.84 Å². The first-order chi connectivity index (χ1) is 8.57. The van der Waals surface area contributed by atoms with Gasteiger partial charge in [0, 0.05) is 38.6 Å². The molecule has 18 heavy (non-hydrogen) atoms. The fraction of sp³-hybridized carbons (Fsp3) is 0.444. The smallest absolute Gasteiger partial charge is 0.246 e. The molecule has 0 unspecified atom stereocenters. The second kappa shape index (κ2) is 5.37. The molecule has 1 aliphatic rings. The number of nitrogen functional groups attached to an aromatic ring is 1. The number of hydrogen-bond donors (Lipinski definition) is 3. The quantitative estimate of drug-likeness (QED) is 0.518. The van der Waals surface area contributed by atoms with Crippen LogP contribution in [0, 0.1) is 0 Å². The summed E-state index contributed by atoms with van der Waals surface area (Å²) >= 11 is 5.87. The Morgan fingerprint density at radius 3 is 2.67 bits per heavy atom. The topological polar surface area (TPSA) is 100 Å². The zero-order valence-electron chi connectivity index (χ0n) is 9.56. The van der Waals surface area contributed by atoms with Crippen LogP contribution in [-0.2, 0) is 10.0 Å². The molecule has 0 saturated carbocycles. The Labute approximate surface area is 110 Å². The van der Waals surface area contributed by atoms with Crippen LogP contribution in [0.2, 0.25) is 5.02 Å². The van der Waals surface area contributed by atoms with Crippen molar-refractivity contribution in [3.63, 3.8) is 0 Å². The minimum atomic E-state index is -3.62. The number of halogens is 1. The summed E-state index contributed by atoms with van der Waals surface area (Å²) in [5.41, 5.74) is 2.49. The molecule has 7 nitrogen and oxygen atoms in total. The van der Waals surface area contributed by atoms with Gasteiger partial charge < -0.3 is 10.7 Å². The molecule has 0 amide bonds. The number of nitrogens with one attached hydrogen (secondary N) is 2. The predicted molar refractivity (Wildman–Crippen MR) is 68.7 cm³/mol. The Kier molecular flexibility index (Phi) is 4.03. The number of piperazine rings is 1. The van der Waals surface area contributed by atoms with Crippen LogP contribution in [0.4, 0.5) is 5.69 Å². The largest absolute Gasteiger partial charge is 0.321 e. The summed E-state index contributed by atoms with van der Waals surface area (Å²) in [6, 6.07) is 0. The molecule has 1 saturated heterocycles. The van der Waals surface area contributed by atoms with Crippen LogP contribution in [0.1, 0.15) is 0 Å². The SMILES string of the molecule is NNc1c(Cl)cncc1S(=O)(=O)N1CCNCC1. The predicted octanol–water partition coefficient (Wildman–Crippen LogP) is -0.385. The summed E-state index contributed by atoms with van der Waals surface area (Å²) < 4.78 is 26.2. The van der Waals surface area contributed by atoms with Crippen molar-refractivity contribution < 1.29 is 8.42 Å². The average molecular weight is 292 g/mol. The molecule has 0 atom stereocenters. The summed E-state index contributed by atoms with van der Waals surface area (Å²) in [6.07, 6.45) is 2.59. The van der Waals surface area contributed by atoms with Gasteiger partial charge in [-0.3, -0.25) is 10.8 Å². The van der Waals surface area contributed by atoms with E-state index in [1.54, 1.807) is 0 Å². The van der Waals surface area contributed by atoms with Gasteiger partial charge in [0.1, 0.15) is 4.90 Å². The maximum absolute atomic E-state index is 12.4. The Morgan fingerprint density at radius 1 is 1.39 bits per heavy atom. The molecule has 0 aromatic carbocycles. The second-order valence-electron chi connectivity index (χ2n) is 3.79. The van der Waals surface area contributed by atoms with Crippen molar-refractivity contribution in [1.82, 2.24) is 14.6 Å². The van der Waals surface area contributed by atoms with Crippen LogP contribution in [0.5, 0.6) is 0 Å². The van der Waals surface area contributed by atoms with Gasteiger partial charge in [0.15, 0.2) is 0 Å². The van der Waals surface area contributed by atoms with E-state index in [1.165, 1.54) is 16.7 Å². The van der Waals surface area contributed by atoms with E-state index < -0.39 is 10.0 Å².